The van der Waals surface area contributed by atoms with Crippen molar-refractivity contribution in [2.45, 2.75) is 50.5 Å². The molecule has 0 spiro atoms. The van der Waals surface area contributed by atoms with Crippen molar-refractivity contribution in [2.75, 3.05) is 20.1 Å². The molecule has 2 nitrogen and oxygen atoms in total. The summed E-state index contributed by atoms with van der Waals surface area (Å²) in [6.07, 6.45) is 8.34. The first-order chi connectivity index (χ1) is 6.68. The average molecular weight is 197 g/mol. The quantitative estimate of drug-likeness (QED) is 0.748. The highest BCUT2D eigenvalue weighted by Gasteiger charge is 2.34. The number of rotatable bonds is 3. The third-order valence-electron chi connectivity index (χ3n) is 4.14. The maximum Gasteiger partial charge on any atom is 0.0648 e. The van der Waals surface area contributed by atoms with Crippen molar-refractivity contribution in [3.8, 4) is 0 Å². The van der Waals surface area contributed by atoms with Crippen LogP contribution in [0.2, 0.25) is 0 Å². The summed E-state index contributed by atoms with van der Waals surface area (Å²) < 4.78 is 0. The molecule has 2 rings (SSSR count). The van der Waals surface area contributed by atoms with E-state index in [1.165, 1.54) is 38.8 Å². The molecule has 1 aliphatic heterocycles. The van der Waals surface area contributed by atoms with Crippen molar-refractivity contribution in [3.05, 3.63) is 0 Å². The van der Waals surface area contributed by atoms with Gasteiger partial charge in [-0.25, -0.2) is 0 Å². The fourth-order valence-corrected chi connectivity index (χ4v) is 2.66. The summed E-state index contributed by atoms with van der Waals surface area (Å²) in [4.78, 5) is 2.41. The Bertz CT molecular complexity index is 181. The lowest BCUT2D eigenvalue weighted by atomic mass is 9.75. The minimum atomic E-state index is -0.247. The minimum Gasteiger partial charge on any atom is -0.390 e. The molecule has 0 aromatic carbocycles. The van der Waals surface area contributed by atoms with Gasteiger partial charge in [0.25, 0.3) is 0 Å². The van der Waals surface area contributed by atoms with E-state index in [-0.39, 0.29) is 5.60 Å². The Morgan fingerprint density at radius 1 is 1.29 bits per heavy atom. The number of piperidine rings is 1. The van der Waals surface area contributed by atoms with Gasteiger partial charge in [0, 0.05) is 0 Å². The van der Waals surface area contributed by atoms with Crippen LogP contribution in [0.4, 0.5) is 0 Å². The fraction of sp³-hybridized carbons (Fsp3) is 1.00. The maximum atomic E-state index is 9.98. The molecule has 1 N–H and O–H groups in total. The third kappa shape index (κ3) is 2.48. The van der Waals surface area contributed by atoms with E-state index in [0.29, 0.717) is 0 Å². The molecule has 0 aromatic rings. The van der Waals surface area contributed by atoms with Crippen LogP contribution in [0.3, 0.4) is 0 Å². The Balaban J connectivity index is 1.65. The van der Waals surface area contributed by atoms with Gasteiger partial charge in [0.2, 0.25) is 0 Å². The smallest absolute Gasteiger partial charge is 0.0648 e. The van der Waals surface area contributed by atoms with Gasteiger partial charge in [-0.15, -0.1) is 0 Å². The summed E-state index contributed by atoms with van der Waals surface area (Å²) in [6, 6.07) is 0. The zero-order valence-corrected chi connectivity index (χ0v) is 9.34. The molecule has 0 bridgehead atoms. The first kappa shape index (κ1) is 10.4. The molecule has 82 valence electrons. The molecule has 1 saturated heterocycles. The van der Waals surface area contributed by atoms with Crippen molar-refractivity contribution in [3.63, 3.8) is 0 Å². The Morgan fingerprint density at radius 3 is 2.43 bits per heavy atom. The summed E-state index contributed by atoms with van der Waals surface area (Å²) >= 11 is 0. The molecule has 2 heteroatoms. The molecule has 0 aromatic heterocycles. The first-order valence-electron chi connectivity index (χ1n) is 6.09. The van der Waals surface area contributed by atoms with Gasteiger partial charge in [0.1, 0.15) is 0 Å². The van der Waals surface area contributed by atoms with E-state index in [9.17, 15) is 5.11 Å². The Hall–Kier alpha value is -0.0800. The highest BCUT2D eigenvalue weighted by atomic mass is 16.3. The van der Waals surface area contributed by atoms with Gasteiger partial charge in [-0.3, -0.25) is 0 Å². The summed E-state index contributed by atoms with van der Waals surface area (Å²) in [5.41, 5.74) is -0.247. The SMILES string of the molecule is CN1CCC(CCC2(O)CCC2)CC1. The average Bonchev–Trinajstić information content (AvgIpc) is 2.14. The van der Waals surface area contributed by atoms with Crippen LogP contribution in [0.1, 0.15) is 44.9 Å². The van der Waals surface area contributed by atoms with Gasteiger partial charge < -0.3 is 10.0 Å². The summed E-state index contributed by atoms with van der Waals surface area (Å²) in [5, 5.41) is 9.98. The van der Waals surface area contributed by atoms with Gasteiger partial charge in [-0.05, 0) is 71.0 Å². The Kier molecular flexibility index (Phi) is 3.13. The molecule has 0 atom stereocenters. The van der Waals surface area contributed by atoms with Crippen molar-refractivity contribution < 1.29 is 5.11 Å². The zero-order valence-electron chi connectivity index (χ0n) is 9.34. The molecule has 14 heavy (non-hydrogen) atoms. The van der Waals surface area contributed by atoms with Crippen molar-refractivity contribution in [1.82, 2.24) is 4.90 Å². The second-order valence-electron chi connectivity index (χ2n) is 5.36. The molecule has 2 aliphatic rings. The number of hydrogen-bond donors (Lipinski definition) is 1. The topological polar surface area (TPSA) is 23.5 Å². The van der Waals surface area contributed by atoms with Crippen LogP contribution in [0.5, 0.6) is 0 Å². The van der Waals surface area contributed by atoms with Crippen LogP contribution in [-0.4, -0.2) is 35.7 Å². The Labute approximate surface area is 87.3 Å². The maximum absolute atomic E-state index is 9.98. The lowest BCUT2D eigenvalue weighted by molar-refractivity contribution is -0.0460. The standard InChI is InChI=1S/C12H23NO/c1-13-9-4-11(5-10-13)3-8-12(14)6-2-7-12/h11,14H,2-10H2,1H3. The van der Waals surface area contributed by atoms with Gasteiger partial charge in [-0.1, -0.05) is 0 Å². The highest BCUT2D eigenvalue weighted by Crippen LogP contribution is 2.37. The summed E-state index contributed by atoms with van der Waals surface area (Å²) in [7, 11) is 2.20. The minimum absolute atomic E-state index is 0.247. The summed E-state index contributed by atoms with van der Waals surface area (Å²) in [6.45, 7) is 2.51. The van der Waals surface area contributed by atoms with E-state index in [1.54, 1.807) is 0 Å². The van der Waals surface area contributed by atoms with Gasteiger partial charge in [-0.2, -0.15) is 0 Å². The molecular formula is C12H23NO. The van der Waals surface area contributed by atoms with Crippen molar-refractivity contribution >= 4 is 0 Å². The molecule has 0 radical (unpaired) electrons. The highest BCUT2D eigenvalue weighted by molar-refractivity contribution is 4.88. The largest absolute Gasteiger partial charge is 0.390 e. The van der Waals surface area contributed by atoms with Crippen LogP contribution >= 0.6 is 0 Å². The van der Waals surface area contributed by atoms with Crippen LogP contribution in [0.25, 0.3) is 0 Å². The van der Waals surface area contributed by atoms with Crippen molar-refractivity contribution in [1.29, 1.82) is 0 Å². The molecule has 0 unspecified atom stereocenters. The van der Waals surface area contributed by atoms with Gasteiger partial charge in [0.15, 0.2) is 0 Å². The third-order valence-corrected chi connectivity index (χ3v) is 4.14. The summed E-state index contributed by atoms with van der Waals surface area (Å²) in [5.74, 6) is 0.885. The second kappa shape index (κ2) is 4.19. The molecule has 2 fully saturated rings. The van der Waals surface area contributed by atoms with E-state index in [0.717, 1.165) is 25.2 Å². The Morgan fingerprint density at radius 2 is 1.93 bits per heavy atom. The van der Waals surface area contributed by atoms with E-state index in [1.807, 2.05) is 0 Å². The van der Waals surface area contributed by atoms with Gasteiger partial charge in [0.05, 0.1) is 5.60 Å². The normalized spacial score (nSPS) is 28.7. The number of aliphatic hydroxyl groups is 1. The van der Waals surface area contributed by atoms with E-state index >= 15 is 0 Å². The lowest BCUT2D eigenvalue weighted by Gasteiger charge is -2.38. The van der Waals surface area contributed by atoms with E-state index < -0.39 is 0 Å². The number of hydrogen-bond acceptors (Lipinski definition) is 2. The molecule has 1 heterocycles. The molecule has 1 saturated carbocycles. The van der Waals surface area contributed by atoms with E-state index in [4.69, 9.17) is 0 Å². The lowest BCUT2D eigenvalue weighted by Crippen LogP contribution is -2.38. The van der Waals surface area contributed by atoms with Crippen LogP contribution in [0, 0.1) is 5.92 Å². The monoisotopic (exact) mass is 197 g/mol. The van der Waals surface area contributed by atoms with Crippen molar-refractivity contribution in [2.24, 2.45) is 5.92 Å². The van der Waals surface area contributed by atoms with Crippen LogP contribution < -0.4 is 0 Å². The molecular weight excluding hydrogens is 174 g/mol. The predicted molar refractivity (Wildman–Crippen MR) is 58.3 cm³/mol. The number of likely N-dealkylation sites (tertiary alicyclic amines) is 1. The fourth-order valence-electron chi connectivity index (χ4n) is 2.66. The molecule has 0 amide bonds. The first-order valence-corrected chi connectivity index (χ1v) is 6.09. The van der Waals surface area contributed by atoms with Crippen LogP contribution in [0.15, 0.2) is 0 Å². The van der Waals surface area contributed by atoms with E-state index in [2.05, 4.69) is 11.9 Å². The van der Waals surface area contributed by atoms with Crippen LogP contribution in [-0.2, 0) is 0 Å². The number of nitrogens with zero attached hydrogens (tertiary/aromatic N) is 1. The van der Waals surface area contributed by atoms with Gasteiger partial charge >= 0.3 is 0 Å². The zero-order chi connectivity index (χ0) is 10.0. The predicted octanol–water partition coefficient (Wildman–Crippen LogP) is 2.02. The molecule has 1 aliphatic carbocycles. The second-order valence-corrected chi connectivity index (χ2v) is 5.36.